The van der Waals surface area contributed by atoms with Gasteiger partial charge >= 0.3 is 6.09 Å². The number of nitrogens with zero attached hydrogens (tertiary/aromatic N) is 4. The molecule has 0 radical (unpaired) electrons. The van der Waals surface area contributed by atoms with Crippen molar-refractivity contribution in [2.75, 3.05) is 55.6 Å². The fourth-order valence-corrected chi connectivity index (χ4v) is 3.52. The van der Waals surface area contributed by atoms with Gasteiger partial charge in [0.2, 0.25) is 5.91 Å². The third-order valence-corrected chi connectivity index (χ3v) is 5.03. The topological polar surface area (TPSA) is 97.7 Å². The van der Waals surface area contributed by atoms with Gasteiger partial charge in [-0.05, 0) is 25.1 Å². The number of amides is 2. The van der Waals surface area contributed by atoms with Gasteiger partial charge in [-0.15, -0.1) is 0 Å². The summed E-state index contributed by atoms with van der Waals surface area (Å²) in [5.74, 6) is -0.601. The summed E-state index contributed by atoms with van der Waals surface area (Å²) in [6.07, 6.45) is -1.02. The summed E-state index contributed by atoms with van der Waals surface area (Å²) in [5, 5.41) is 14.6. The number of rotatable bonds is 6. The molecular weight excluding hydrogens is 381 g/mol. The lowest BCUT2D eigenvalue weighted by Gasteiger charge is -2.36. The number of nitrogens with one attached hydrogen (secondary N) is 1. The largest absolute Gasteiger partial charge is 0.442 e. The average molecular weight is 407 g/mol. The molecule has 0 aliphatic carbocycles. The second-order valence-electron chi connectivity index (χ2n) is 7.29. The van der Waals surface area contributed by atoms with Crippen molar-refractivity contribution in [3.05, 3.63) is 24.0 Å². The molecular formula is C19H26FN5O4. The summed E-state index contributed by atoms with van der Waals surface area (Å²) in [6, 6.07) is 4.72. The smallest absolute Gasteiger partial charge is 0.414 e. The minimum absolute atomic E-state index is 0.200. The molecule has 1 atom stereocenters. The molecule has 2 fully saturated rings. The Hall–Kier alpha value is -2.88. The Morgan fingerprint density at radius 3 is 2.66 bits per heavy atom. The van der Waals surface area contributed by atoms with Gasteiger partial charge in [0, 0.05) is 39.6 Å². The second-order valence-corrected chi connectivity index (χ2v) is 7.29. The molecule has 0 aromatic heterocycles. The van der Waals surface area contributed by atoms with E-state index in [9.17, 15) is 14.0 Å². The van der Waals surface area contributed by atoms with Gasteiger partial charge in [0.05, 0.1) is 30.2 Å². The van der Waals surface area contributed by atoms with Gasteiger partial charge in [0.1, 0.15) is 11.9 Å². The van der Waals surface area contributed by atoms with Gasteiger partial charge in [-0.2, -0.15) is 0 Å². The van der Waals surface area contributed by atoms with Crippen LogP contribution in [0.3, 0.4) is 0 Å². The molecule has 0 spiro atoms. The Kier molecular flexibility index (Phi) is 6.53. The van der Waals surface area contributed by atoms with Crippen molar-refractivity contribution in [2.45, 2.75) is 20.0 Å². The predicted octanol–water partition coefficient (Wildman–Crippen LogP) is 1.26. The standard InChI is InChI=1S/C19H26FN5O4/c1-13(22-28)11-23-5-7-24(8-6-23)18-4-3-15(9-17(18)20)25-12-16(29-19(25)27)10-21-14(2)26/h3-4,9,16,28H,5-8,10-12H2,1-2H3,(H,21,26)/b22-13+/t16-/m0/s1. The minimum Gasteiger partial charge on any atom is -0.442 e. The fourth-order valence-electron chi connectivity index (χ4n) is 3.52. The predicted molar refractivity (Wildman–Crippen MR) is 106 cm³/mol. The SMILES string of the molecule is CC(=O)NC[C@H]1CN(c2ccc(N3CCN(C/C(C)=N/O)CC3)c(F)c2)C(=O)O1. The Morgan fingerprint density at radius 2 is 2.03 bits per heavy atom. The van der Waals surface area contributed by atoms with E-state index in [-0.39, 0.29) is 19.0 Å². The average Bonchev–Trinajstić information content (AvgIpc) is 3.07. The number of carbonyl (C=O) groups is 2. The van der Waals surface area contributed by atoms with Crippen LogP contribution in [0.5, 0.6) is 0 Å². The van der Waals surface area contributed by atoms with Crippen LogP contribution >= 0.6 is 0 Å². The second kappa shape index (κ2) is 9.08. The number of ether oxygens (including phenoxy) is 1. The summed E-state index contributed by atoms with van der Waals surface area (Å²) in [7, 11) is 0. The molecule has 2 aliphatic rings. The molecule has 158 valence electrons. The zero-order valence-electron chi connectivity index (χ0n) is 16.6. The van der Waals surface area contributed by atoms with Crippen LogP contribution in [0.15, 0.2) is 23.4 Å². The molecule has 0 unspecified atom stereocenters. The first-order chi connectivity index (χ1) is 13.9. The van der Waals surface area contributed by atoms with Crippen molar-refractivity contribution in [3.63, 3.8) is 0 Å². The van der Waals surface area contributed by atoms with Crippen LogP contribution in [0.4, 0.5) is 20.6 Å². The van der Waals surface area contributed by atoms with Gasteiger partial charge in [-0.3, -0.25) is 14.6 Å². The van der Waals surface area contributed by atoms with E-state index in [1.54, 1.807) is 19.1 Å². The molecule has 10 heteroatoms. The van der Waals surface area contributed by atoms with Crippen LogP contribution in [0.25, 0.3) is 0 Å². The lowest BCUT2D eigenvalue weighted by Crippen LogP contribution is -2.48. The molecule has 29 heavy (non-hydrogen) atoms. The van der Waals surface area contributed by atoms with Crippen molar-refractivity contribution in [3.8, 4) is 0 Å². The number of piperazine rings is 1. The highest BCUT2D eigenvalue weighted by Gasteiger charge is 2.33. The Labute approximate surface area is 168 Å². The summed E-state index contributed by atoms with van der Waals surface area (Å²) < 4.78 is 20.0. The van der Waals surface area contributed by atoms with Crippen LogP contribution in [-0.2, 0) is 9.53 Å². The zero-order chi connectivity index (χ0) is 21.0. The molecule has 3 rings (SSSR count). The maximum atomic E-state index is 14.8. The number of anilines is 2. The van der Waals surface area contributed by atoms with Gasteiger partial charge in [-0.25, -0.2) is 9.18 Å². The molecule has 2 aliphatic heterocycles. The van der Waals surface area contributed by atoms with E-state index >= 15 is 0 Å². The third-order valence-electron chi connectivity index (χ3n) is 5.03. The van der Waals surface area contributed by atoms with Gasteiger partial charge in [-0.1, -0.05) is 5.16 Å². The van der Waals surface area contributed by atoms with E-state index in [0.29, 0.717) is 36.7 Å². The number of hydrogen-bond acceptors (Lipinski definition) is 7. The molecule has 2 N–H and O–H groups in total. The molecule has 0 saturated carbocycles. The van der Waals surface area contributed by atoms with Crippen molar-refractivity contribution in [1.82, 2.24) is 10.2 Å². The van der Waals surface area contributed by atoms with Crippen molar-refractivity contribution < 1.29 is 23.9 Å². The highest BCUT2D eigenvalue weighted by Crippen LogP contribution is 2.28. The maximum absolute atomic E-state index is 14.8. The first-order valence-corrected chi connectivity index (χ1v) is 9.54. The van der Waals surface area contributed by atoms with Crippen LogP contribution in [0.2, 0.25) is 0 Å². The van der Waals surface area contributed by atoms with E-state index in [2.05, 4.69) is 15.4 Å². The van der Waals surface area contributed by atoms with Gasteiger partial charge in [0.25, 0.3) is 0 Å². The fraction of sp³-hybridized carbons (Fsp3) is 0.526. The van der Waals surface area contributed by atoms with Crippen molar-refractivity contribution in [2.24, 2.45) is 5.16 Å². The summed E-state index contributed by atoms with van der Waals surface area (Å²) in [6.45, 7) is 6.99. The van der Waals surface area contributed by atoms with Crippen molar-refractivity contribution >= 4 is 29.1 Å². The molecule has 2 amide bonds. The van der Waals surface area contributed by atoms with Crippen LogP contribution in [0.1, 0.15) is 13.8 Å². The Morgan fingerprint density at radius 1 is 1.31 bits per heavy atom. The number of oxime groups is 1. The first kappa shape index (κ1) is 20.8. The summed E-state index contributed by atoms with van der Waals surface area (Å²) in [4.78, 5) is 28.6. The monoisotopic (exact) mass is 407 g/mol. The van der Waals surface area contributed by atoms with Crippen LogP contribution in [-0.4, -0.2) is 79.7 Å². The number of cyclic esters (lactones) is 1. The molecule has 0 bridgehead atoms. The summed E-state index contributed by atoms with van der Waals surface area (Å²) >= 11 is 0. The lowest BCUT2D eigenvalue weighted by molar-refractivity contribution is -0.119. The minimum atomic E-state index is -0.554. The van der Waals surface area contributed by atoms with E-state index in [1.807, 2.05) is 4.90 Å². The van der Waals surface area contributed by atoms with Gasteiger partial charge < -0.3 is 20.2 Å². The van der Waals surface area contributed by atoms with Gasteiger partial charge in [0.15, 0.2) is 0 Å². The Balaban J connectivity index is 1.61. The zero-order valence-corrected chi connectivity index (χ0v) is 16.6. The Bertz CT molecular complexity index is 795. The quantitative estimate of drug-likeness (QED) is 0.419. The summed E-state index contributed by atoms with van der Waals surface area (Å²) in [5.41, 5.74) is 1.56. The number of halogens is 1. The van der Waals surface area contributed by atoms with Crippen LogP contribution in [0, 0.1) is 5.82 Å². The maximum Gasteiger partial charge on any atom is 0.414 e. The highest BCUT2D eigenvalue weighted by molar-refractivity contribution is 5.90. The normalized spacial score (nSPS) is 20.7. The van der Waals surface area contributed by atoms with Crippen LogP contribution < -0.4 is 15.1 Å². The first-order valence-electron chi connectivity index (χ1n) is 9.54. The number of hydrogen-bond donors (Lipinski definition) is 2. The highest BCUT2D eigenvalue weighted by atomic mass is 19.1. The van der Waals surface area contributed by atoms with E-state index in [1.165, 1.54) is 17.9 Å². The molecule has 1 aromatic carbocycles. The van der Waals surface area contributed by atoms with Crippen molar-refractivity contribution in [1.29, 1.82) is 0 Å². The third kappa shape index (κ3) is 5.14. The molecule has 2 saturated heterocycles. The molecule has 1 aromatic rings. The number of benzene rings is 1. The molecule has 2 heterocycles. The molecule has 9 nitrogen and oxygen atoms in total. The lowest BCUT2D eigenvalue weighted by atomic mass is 10.2. The number of carbonyl (C=O) groups excluding carboxylic acids is 2. The van der Waals surface area contributed by atoms with E-state index in [0.717, 1.165) is 13.1 Å². The van der Waals surface area contributed by atoms with E-state index in [4.69, 9.17) is 9.94 Å². The van der Waals surface area contributed by atoms with E-state index < -0.39 is 18.0 Å².